The van der Waals surface area contributed by atoms with Crippen LogP contribution in [0.2, 0.25) is 0 Å². The van der Waals surface area contributed by atoms with Crippen LogP contribution in [0.5, 0.6) is 0 Å². The first-order valence-corrected chi connectivity index (χ1v) is 11.2. The van der Waals surface area contributed by atoms with Crippen molar-refractivity contribution in [1.82, 2.24) is 14.5 Å². The number of rotatable bonds is 4. The average Bonchev–Trinajstić information content (AvgIpc) is 2.75. The van der Waals surface area contributed by atoms with Gasteiger partial charge in [-0.05, 0) is 36.1 Å². The zero-order valence-corrected chi connectivity index (χ0v) is 16.6. The number of sulfonamides is 1. The molecule has 0 spiro atoms. The minimum Gasteiger partial charge on any atom is -0.336 e. The van der Waals surface area contributed by atoms with Crippen LogP contribution in [0.25, 0.3) is 11.1 Å². The average molecular weight is 400 g/mol. The van der Waals surface area contributed by atoms with E-state index < -0.39 is 10.0 Å². The Morgan fingerprint density at radius 3 is 2.54 bits per heavy atom. The SMILES string of the molecule is O=C1CNCCN1C1CCCN(S(=O)(=O)c2cccc(-c3ccccc3)c2)C1. The molecule has 1 atom stereocenters. The topological polar surface area (TPSA) is 69.7 Å². The van der Waals surface area contributed by atoms with Crippen molar-refractivity contribution in [2.45, 2.75) is 23.8 Å². The Balaban J connectivity index is 1.57. The van der Waals surface area contributed by atoms with Crippen LogP contribution in [-0.2, 0) is 14.8 Å². The van der Waals surface area contributed by atoms with Gasteiger partial charge in [-0.15, -0.1) is 0 Å². The Kier molecular flexibility index (Phi) is 5.48. The minimum atomic E-state index is -3.60. The van der Waals surface area contributed by atoms with Crippen molar-refractivity contribution in [3.8, 4) is 11.1 Å². The van der Waals surface area contributed by atoms with Gasteiger partial charge in [-0.3, -0.25) is 4.79 Å². The molecular formula is C21H25N3O3S. The summed E-state index contributed by atoms with van der Waals surface area (Å²) in [4.78, 5) is 14.4. The fourth-order valence-electron chi connectivity index (χ4n) is 4.02. The van der Waals surface area contributed by atoms with Crippen molar-refractivity contribution >= 4 is 15.9 Å². The molecule has 7 heteroatoms. The summed E-state index contributed by atoms with van der Waals surface area (Å²) in [5.74, 6) is 0.0570. The first-order valence-electron chi connectivity index (χ1n) is 9.71. The summed E-state index contributed by atoms with van der Waals surface area (Å²) in [6.45, 7) is 2.59. The van der Waals surface area contributed by atoms with E-state index in [1.54, 1.807) is 22.5 Å². The minimum absolute atomic E-state index is 0.0459. The van der Waals surface area contributed by atoms with Crippen LogP contribution in [0.4, 0.5) is 0 Å². The molecule has 0 aliphatic carbocycles. The molecule has 1 amide bonds. The smallest absolute Gasteiger partial charge is 0.243 e. The molecule has 2 saturated heterocycles. The largest absolute Gasteiger partial charge is 0.336 e. The van der Waals surface area contributed by atoms with Gasteiger partial charge in [0.1, 0.15) is 0 Å². The van der Waals surface area contributed by atoms with E-state index in [-0.39, 0.29) is 11.9 Å². The lowest BCUT2D eigenvalue weighted by Crippen LogP contribution is -2.57. The number of piperazine rings is 1. The normalized spacial score (nSPS) is 21.6. The summed E-state index contributed by atoms with van der Waals surface area (Å²) >= 11 is 0. The quantitative estimate of drug-likeness (QED) is 0.853. The monoisotopic (exact) mass is 399 g/mol. The van der Waals surface area contributed by atoms with Crippen molar-refractivity contribution in [3.63, 3.8) is 0 Å². The highest BCUT2D eigenvalue weighted by atomic mass is 32.2. The highest BCUT2D eigenvalue weighted by Gasteiger charge is 2.35. The van der Waals surface area contributed by atoms with Crippen LogP contribution < -0.4 is 5.32 Å². The van der Waals surface area contributed by atoms with Crippen molar-refractivity contribution in [1.29, 1.82) is 0 Å². The summed E-state index contributed by atoms with van der Waals surface area (Å²) in [5.41, 5.74) is 1.87. The third-order valence-electron chi connectivity index (χ3n) is 5.51. The van der Waals surface area contributed by atoms with Gasteiger partial charge in [0.05, 0.1) is 11.4 Å². The lowest BCUT2D eigenvalue weighted by atomic mass is 10.1. The van der Waals surface area contributed by atoms with Crippen molar-refractivity contribution in [2.75, 3.05) is 32.7 Å². The second-order valence-corrected chi connectivity index (χ2v) is 9.25. The number of hydrogen-bond donors (Lipinski definition) is 1. The van der Waals surface area contributed by atoms with Crippen LogP contribution >= 0.6 is 0 Å². The fraction of sp³-hybridized carbons (Fsp3) is 0.381. The molecule has 1 unspecified atom stereocenters. The number of nitrogens with one attached hydrogen (secondary N) is 1. The number of piperidine rings is 1. The van der Waals surface area contributed by atoms with Gasteiger partial charge in [0.25, 0.3) is 0 Å². The molecule has 1 N–H and O–H groups in total. The first kappa shape index (κ1) is 19.1. The van der Waals surface area contributed by atoms with Gasteiger partial charge >= 0.3 is 0 Å². The summed E-state index contributed by atoms with van der Waals surface area (Å²) in [6, 6.07) is 16.8. The molecule has 0 aromatic heterocycles. The molecule has 148 valence electrons. The van der Waals surface area contributed by atoms with E-state index >= 15 is 0 Å². The van der Waals surface area contributed by atoms with E-state index in [4.69, 9.17) is 0 Å². The Hall–Kier alpha value is -2.22. The molecule has 2 aromatic carbocycles. The molecule has 2 heterocycles. The third-order valence-corrected chi connectivity index (χ3v) is 7.37. The predicted molar refractivity (Wildman–Crippen MR) is 108 cm³/mol. The van der Waals surface area contributed by atoms with E-state index in [2.05, 4.69) is 5.32 Å². The third kappa shape index (κ3) is 3.83. The fourth-order valence-corrected chi connectivity index (χ4v) is 5.58. The second kappa shape index (κ2) is 8.03. The van der Waals surface area contributed by atoms with Gasteiger partial charge in [0, 0.05) is 32.2 Å². The number of amides is 1. The van der Waals surface area contributed by atoms with E-state index in [1.807, 2.05) is 41.3 Å². The van der Waals surface area contributed by atoms with Crippen molar-refractivity contribution in [2.24, 2.45) is 0 Å². The Morgan fingerprint density at radius 1 is 0.964 bits per heavy atom. The van der Waals surface area contributed by atoms with Crippen LogP contribution in [0, 0.1) is 0 Å². The zero-order chi connectivity index (χ0) is 19.6. The molecule has 2 aliphatic rings. The Bertz CT molecular complexity index is 946. The van der Waals surface area contributed by atoms with E-state index in [0.29, 0.717) is 31.1 Å². The summed E-state index contributed by atoms with van der Waals surface area (Å²) in [5, 5.41) is 3.07. The van der Waals surface area contributed by atoms with E-state index in [9.17, 15) is 13.2 Å². The van der Waals surface area contributed by atoms with E-state index in [0.717, 1.165) is 30.5 Å². The summed E-state index contributed by atoms with van der Waals surface area (Å²) in [7, 11) is -3.60. The number of carbonyl (C=O) groups is 1. The van der Waals surface area contributed by atoms with Gasteiger partial charge in [0.15, 0.2) is 0 Å². The number of carbonyl (C=O) groups excluding carboxylic acids is 1. The van der Waals surface area contributed by atoms with Gasteiger partial charge in [0.2, 0.25) is 15.9 Å². The highest BCUT2D eigenvalue weighted by Crippen LogP contribution is 2.27. The molecule has 6 nitrogen and oxygen atoms in total. The molecule has 4 rings (SSSR count). The second-order valence-electron chi connectivity index (χ2n) is 7.32. The van der Waals surface area contributed by atoms with Crippen molar-refractivity contribution < 1.29 is 13.2 Å². The molecular weight excluding hydrogens is 374 g/mol. The molecule has 0 saturated carbocycles. The maximum atomic E-state index is 13.3. The molecule has 2 fully saturated rings. The molecule has 28 heavy (non-hydrogen) atoms. The lowest BCUT2D eigenvalue weighted by molar-refractivity contribution is -0.135. The summed E-state index contributed by atoms with van der Waals surface area (Å²) < 4.78 is 28.1. The molecule has 0 bridgehead atoms. The van der Waals surface area contributed by atoms with Crippen LogP contribution in [0.3, 0.4) is 0 Å². The Morgan fingerprint density at radius 2 is 1.75 bits per heavy atom. The highest BCUT2D eigenvalue weighted by molar-refractivity contribution is 7.89. The number of nitrogens with zero attached hydrogens (tertiary/aromatic N) is 2. The standard InChI is InChI=1S/C21H25N3O3S/c25-21-15-22-11-13-24(21)19-9-5-12-23(16-19)28(26,27)20-10-4-8-18(14-20)17-6-2-1-3-7-17/h1-4,6-8,10,14,19,22H,5,9,11-13,15-16H2. The Labute approximate surface area is 166 Å². The molecule has 2 aliphatic heterocycles. The van der Waals surface area contributed by atoms with Gasteiger partial charge in [-0.2, -0.15) is 4.31 Å². The van der Waals surface area contributed by atoms with E-state index in [1.165, 1.54) is 0 Å². The van der Waals surface area contributed by atoms with Gasteiger partial charge < -0.3 is 10.2 Å². The van der Waals surface area contributed by atoms with Crippen LogP contribution in [-0.4, -0.2) is 62.3 Å². The number of benzene rings is 2. The lowest BCUT2D eigenvalue weighted by Gasteiger charge is -2.40. The van der Waals surface area contributed by atoms with Crippen molar-refractivity contribution in [3.05, 3.63) is 54.6 Å². The van der Waals surface area contributed by atoms with Crippen LogP contribution in [0.1, 0.15) is 12.8 Å². The zero-order valence-electron chi connectivity index (χ0n) is 15.8. The molecule has 0 radical (unpaired) electrons. The predicted octanol–water partition coefficient (Wildman–Crippen LogP) is 1.94. The number of hydrogen-bond acceptors (Lipinski definition) is 4. The maximum absolute atomic E-state index is 13.3. The first-order chi connectivity index (χ1) is 13.6. The van der Waals surface area contributed by atoms with Gasteiger partial charge in [-0.1, -0.05) is 42.5 Å². The molecule has 2 aromatic rings. The maximum Gasteiger partial charge on any atom is 0.243 e. The van der Waals surface area contributed by atoms with Crippen LogP contribution in [0.15, 0.2) is 59.5 Å². The summed E-state index contributed by atoms with van der Waals surface area (Å²) in [6.07, 6.45) is 1.61. The van der Waals surface area contributed by atoms with Gasteiger partial charge in [-0.25, -0.2) is 8.42 Å².